The first-order valence-corrected chi connectivity index (χ1v) is 13.1. The fourth-order valence-corrected chi connectivity index (χ4v) is 5.85. The summed E-state index contributed by atoms with van der Waals surface area (Å²) in [6.07, 6.45) is 1.27. The van der Waals surface area contributed by atoms with Crippen molar-refractivity contribution >= 4 is 34.5 Å². The molecule has 0 bridgehead atoms. The number of carboxylic acids is 1. The van der Waals surface area contributed by atoms with Gasteiger partial charge in [-0.15, -0.1) is 11.3 Å². The Hall–Kier alpha value is -3.77. The van der Waals surface area contributed by atoms with Gasteiger partial charge in [-0.3, -0.25) is 4.79 Å². The van der Waals surface area contributed by atoms with Crippen molar-refractivity contribution in [3.05, 3.63) is 59.7 Å². The van der Waals surface area contributed by atoms with Crippen LogP contribution in [0.4, 0.5) is 18.9 Å². The minimum Gasteiger partial charge on any atom is -0.477 e. The van der Waals surface area contributed by atoms with Gasteiger partial charge in [0.1, 0.15) is 11.4 Å². The molecule has 3 aromatic heterocycles. The Bertz CT molecular complexity index is 1440. The molecular formula is C27H28F3N5O3S. The summed E-state index contributed by atoms with van der Waals surface area (Å²) >= 11 is 0.854. The molecule has 3 heterocycles. The normalized spacial score (nSPS) is 17.5. The minimum absolute atomic E-state index is 0. The SMILES string of the molecule is C[C@H]1CC[C@H](C(=O)N(CC(F)(F)F)c2cc(-c3ccc(-c4cc5ncccn5n4)cc3)sc2C(=O)O)CC1.N. The van der Waals surface area contributed by atoms with Crippen LogP contribution in [0.15, 0.2) is 54.9 Å². The van der Waals surface area contributed by atoms with Crippen molar-refractivity contribution in [1.29, 1.82) is 0 Å². The molecule has 0 saturated heterocycles. The maximum atomic E-state index is 13.6. The third-order valence-corrected chi connectivity index (χ3v) is 8.03. The number of carbonyl (C=O) groups is 2. The number of anilines is 1. The van der Waals surface area contributed by atoms with Crippen LogP contribution in [0.3, 0.4) is 0 Å². The average Bonchev–Trinajstić information content (AvgIpc) is 3.52. The van der Waals surface area contributed by atoms with Crippen LogP contribution in [0, 0.1) is 11.8 Å². The lowest BCUT2D eigenvalue weighted by atomic mass is 9.82. The molecule has 206 valence electrons. The van der Waals surface area contributed by atoms with E-state index in [9.17, 15) is 27.9 Å². The molecule has 0 spiro atoms. The lowest BCUT2D eigenvalue weighted by Gasteiger charge is -2.31. The largest absolute Gasteiger partial charge is 0.477 e. The van der Waals surface area contributed by atoms with Gasteiger partial charge >= 0.3 is 12.1 Å². The van der Waals surface area contributed by atoms with E-state index in [1.807, 2.05) is 6.07 Å². The molecule has 0 atom stereocenters. The van der Waals surface area contributed by atoms with Crippen molar-refractivity contribution in [2.24, 2.45) is 11.8 Å². The lowest BCUT2D eigenvalue weighted by Crippen LogP contribution is -2.43. The first kappa shape index (κ1) is 28.2. The summed E-state index contributed by atoms with van der Waals surface area (Å²) in [5.74, 6) is -2.19. The van der Waals surface area contributed by atoms with Crippen molar-refractivity contribution < 1.29 is 27.9 Å². The number of rotatable bonds is 6. The highest BCUT2D eigenvalue weighted by atomic mass is 32.1. The first-order chi connectivity index (χ1) is 18.1. The number of aromatic carboxylic acids is 1. The zero-order valence-electron chi connectivity index (χ0n) is 21.2. The predicted octanol–water partition coefficient (Wildman–Crippen LogP) is 6.71. The van der Waals surface area contributed by atoms with Crippen molar-refractivity contribution in [3.8, 4) is 21.7 Å². The first-order valence-electron chi connectivity index (χ1n) is 12.3. The molecule has 39 heavy (non-hydrogen) atoms. The fourth-order valence-electron chi connectivity index (χ4n) is 4.84. The highest BCUT2D eigenvalue weighted by Crippen LogP contribution is 2.40. The molecule has 0 unspecified atom stereocenters. The highest BCUT2D eigenvalue weighted by Gasteiger charge is 2.39. The van der Waals surface area contributed by atoms with Crippen LogP contribution in [-0.2, 0) is 4.79 Å². The minimum atomic E-state index is -4.68. The fraction of sp³-hybridized carbons (Fsp3) is 0.333. The van der Waals surface area contributed by atoms with Gasteiger partial charge in [-0.25, -0.2) is 14.3 Å². The number of nitrogens with zero attached hydrogens (tertiary/aromatic N) is 4. The Morgan fingerprint density at radius 2 is 1.77 bits per heavy atom. The van der Waals surface area contributed by atoms with Gasteiger partial charge in [0.2, 0.25) is 5.91 Å². The van der Waals surface area contributed by atoms with Crippen molar-refractivity contribution in [1.82, 2.24) is 20.7 Å². The van der Waals surface area contributed by atoms with Gasteiger partial charge in [-0.2, -0.15) is 18.3 Å². The summed E-state index contributed by atoms with van der Waals surface area (Å²) in [7, 11) is 0. The summed E-state index contributed by atoms with van der Waals surface area (Å²) in [5, 5.41) is 14.3. The topological polar surface area (TPSA) is 123 Å². The van der Waals surface area contributed by atoms with E-state index < -0.39 is 30.5 Å². The number of thiophene rings is 1. The molecule has 1 aliphatic rings. The Kier molecular flexibility index (Phi) is 8.07. The van der Waals surface area contributed by atoms with Crippen LogP contribution in [0.5, 0.6) is 0 Å². The lowest BCUT2D eigenvalue weighted by molar-refractivity contribution is -0.135. The summed E-state index contributed by atoms with van der Waals surface area (Å²) in [6, 6.07) is 12.1. The smallest absolute Gasteiger partial charge is 0.406 e. The summed E-state index contributed by atoms with van der Waals surface area (Å²) in [6.45, 7) is 0.522. The second-order valence-corrected chi connectivity index (χ2v) is 10.7. The Morgan fingerprint density at radius 1 is 1.10 bits per heavy atom. The van der Waals surface area contributed by atoms with E-state index >= 15 is 0 Å². The number of halogens is 3. The number of hydrogen-bond donors (Lipinski definition) is 2. The second-order valence-electron chi connectivity index (χ2n) is 9.66. The average molecular weight is 560 g/mol. The quantitative estimate of drug-likeness (QED) is 0.271. The van der Waals surface area contributed by atoms with Crippen LogP contribution in [0.1, 0.15) is 42.3 Å². The number of carboxylic acid groups (broad SMARTS) is 1. The zero-order valence-corrected chi connectivity index (χ0v) is 22.0. The van der Waals surface area contributed by atoms with Gasteiger partial charge < -0.3 is 16.2 Å². The predicted molar refractivity (Wildman–Crippen MR) is 143 cm³/mol. The molecule has 0 radical (unpaired) electrons. The number of hydrogen-bond acceptors (Lipinski definition) is 6. The third kappa shape index (κ3) is 6.12. The van der Waals surface area contributed by atoms with Crippen LogP contribution in [0.25, 0.3) is 27.3 Å². The van der Waals surface area contributed by atoms with E-state index in [0.717, 1.165) is 29.7 Å². The number of alkyl halides is 3. The third-order valence-electron chi connectivity index (χ3n) is 6.87. The molecule has 4 aromatic rings. The van der Waals surface area contributed by atoms with Gasteiger partial charge in [-0.05, 0) is 49.3 Å². The van der Waals surface area contributed by atoms with E-state index in [4.69, 9.17) is 0 Å². The Morgan fingerprint density at radius 3 is 2.38 bits per heavy atom. The van der Waals surface area contributed by atoms with Gasteiger partial charge in [0, 0.05) is 34.8 Å². The number of aromatic nitrogens is 3. The number of fused-ring (bicyclic) bond motifs is 1. The molecule has 1 fully saturated rings. The second kappa shape index (κ2) is 11.1. The van der Waals surface area contributed by atoms with Crippen molar-refractivity contribution in [2.45, 2.75) is 38.8 Å². The molecule has 0 aliphatic heterocycles. The van der Waals surface area contributed by atoms with E-state index in [1.54, 1.807) is 47.2 Å². The summed E-state index contributed by atoms with van der Waals surface area (Å²) in [5.41, 5.74) is 2.59. The van der Waals surface area contributed by atoms with Gasteiger partial charge in [0.15, 0.2) is 5.65 Å². The number of benzene rings is 1. The van der Waals surface area contributed by atoms with Crippen molar-refractivity contribution in [2.75, 3.05) is 11.4 Å². The van der Waals surface area contributed by atoms with Crippen molar-refractivity contribution in [3.63, 3.8) is 0 Å². The van der Waals surface area contributed by atoms with E-state index in [-0.39, 0.29) is 16.7 Å². The number of amides is 1. The summed E-state index contributed by atoms with van der Waals surface area (Å²) < 4.78 is 42.4. The Balaban J connectivity index is 0.00000353. The summed E-state index contributed by atoms with van der Waals surface area (Å²) in [4.78, 5) is 30.4. The molecule has 8 nitrogen and oxygen atoms in total. The van der Waals surface area contributed by atoms with Crippen LogP contribution in [-0.4, -0.2) is 44.3 Å². The van der Waals surface area contributed by atoms with Gasteiger partial charge in [0.05, 0.1) is 11.4 Å². The van der Waals surface area contributed by atoms with Crippen LogP contribution >= 0.6 is 11.3 Å². The molecule has 1 saturated carbocycles. The van der Waals surface area contributed by atoms with Crippen LogP contribution < -0.4 is 11.1 Å². The maximum Gasteiger partial charge on any atom is 0.406 e. The standard InChI is InChI=1S/C27H25F3N4O3S.H3N/c1-16-3-5-19(6-4-16)25(35)33(15-27(28,29)30)21-14-22(38-24(21)26(36)37)18-9-7-17(8-10-18)20-13-23-31-11-2-12-34(23)32-20;/h2,7-14,16,19H,3-6,15H2,1H3,(H,36,37);1H3/t16-,19-;. The number of carbonyl (C=O) groups excluding carboxylic acids is 1. The zero-order chi connectivity index (χ0) is 27.0. The Labute approximate surface area is 226 Å². The van der Waals surface area contributed by atoms with Gasteiger partial charge in [0.25, 0.3) is 0 Å². The maximum absolute atomic E-state index is 13.6. The molecular weight excluding hydrogens is 531 g/mol. The van der Waals surface area contributed by atoms with Gasteiger partial charge in [-0.1, -0.05) is 31.2 Å². The van der Waals surface area contributed by atoms with E-state index in [1.165, 1.54) is 6.07 Å². The van der Waals surface area contributed by atoms with E-state index in [2.05, 4.69) is 17.0 Å². The molecule has 1 aliphatic carbocycles. The molecule has 12 heteroatoms. The molecule has 5 rings (SSSR count). The van der Waals surface area contributed by atoms with E-state index in [0.29, 0.717) is 45.4 Å². The van der Waals surface area contributed by atoms with Crippen LogP contribution in [0.2, 0.25) is 0 Å². The molecule has 1 aromatic carbocycles. The highest BCUT2D eigenvalue weighted by molar-refractivity contribution is 7.18. The monoisotopic (exact) mass is 559 g/mol. The molecule has 4 N–H and O–H groups in total. The molecule has 1 amide bonds.